The molecule has 0 aliphatic heterocycles. The van der Waals surface area contributed by atoms with E-state index in [4.69, 9.17) is 16.3 Å². The van der Waals surface area contributed by atoms with Crippen molar-refractivity contribution in [3.63, 3.8) is 0 Å². The first kappa shape index (κ1) is 23.9. The lowest BCUT2D eigenvalue weighted by Crippen LogP contribution is -2.38. The highest BCUT2D eigenvalue weighted by Gasteiger charge is 2.21. The molecule has 5 rings (SSSR count). The highest BCUT2D eigenvalue weighted by atomic mass is 35.5. The molecule has 0 unspecified atom stereocenters. The van der Waals surface area contributed by atoms with Gasteiger partial charge in [-0.05, 0) is 40.6 Å². The molecule has 0 aliphatic rings. The fraction of sp³-hybridized carbons (Fsp3) is 0.138. The lowest BCUT2D eigenvalue weighted by atomic mass is 10.0. The number of para-hydroxylation sites is 1. The summed E-state index contributed by atoms with van der Waals surface area (Å²) in [7, 11) is 0. The van der Waals surface area contributed by atoms with E-state index in [9.17, 15) is 14.3 Å². The second-order valence-corrected chi connectivity index (χ2v) is 9.03. The Hall–Kier alpha value is -3.87. The SMILES string of the molecule is O=C(O)[C@H](Cc1c[nH]c2ccccc12)NCc1c(OCc2ccc(F)cc2Cl)ccc2ccccc12. The second kappa shape index (κ2) is 10.4. The Balaban J connectivity index is 1.40. The molecular formula is C29H24ClFN2O3. The third-order valence-electron chi connectivity index (χ3n) is 6.32. The number of H-pyrrole nitrogens is 1. The Morgan fingerprint density at radius 2 is 1.78 bits per heavy atom. The Bertz CT molecular complexity index is 1550. The molecule has 5 aromatic rings. The highest BCUT2D eigenvalue weighted by molar-refractivity contribution is 6.31. The average molecular weight is 503 g/mol. The van der Waals surface area contributed by atoms with Crippen LogP contribution in [0.5, 0.6) is 5.75 Å². The summed E-state index contributed by atoms with van der Waals surface area (Å²) in [6.07, 6.45) is 2.19. The molecule has 0 fully saturated rings. The van der Waals surface area contributed by atoms with Gasteiger partial charge in [-0.3, -0.25) is 10.1 Å². The Morgan fingerprint density at radius 1 is 1.00 bits per heavy atom. The van der Waals surface area contributed by atoms with Crippen molar-refractivity contribution in [3.8, 4) is 5.75 Å². The largest absolute Gasteiger partial charge is 0.488 e. The van der Waals surface area contributed by atoms with E-state index < -0.39 is 17.8 Å². The van der Waals surface area contributed by atoms with Crippen LogP contribution in [0.2, 0.25) is 5.02 Å². The van der Waals surface area contributed by atoms with Gasteiger partial charge in [0.1, 0.15) is 24.2 Å². The molecule has 1 atom stereocenters. The Labute approximate surface area is 212 Å². The van der Waals surface area contributed by atoms with Crippen LogP contribution in [0.25, 0.3) is 21.7 Å². The monoisotopic (exact) mass is 502 g/mol. The van der Waals surface area contributed by atoms with Crippen LogP contribution in [0, 0.1) is 5.82 Å². The summed E-state index contributed by atoms with van der Waals surface area (Å²) < 4.78 is 19.5. The maximum Gasteiger partial charge on any atom is 0.321 e. The number of aliphatic carboxylic acids is 1. The number of hydrogen-bond donors (Lipinski definition) is 3. The number of ether oxygens (including phenoxy) is 1. The molecule has 1 aromatic heterocycles. The van der Waals surface area contributed by atoms with Gasteiger partial charge in [-0.25, -0.2) is 4.39 Å². The molecule has 182 valence electrons. The molecule has 0 spiro atoms. The predicted octanol–water partition coefficient (Wildman–Crippen LogP) is 6.48. The van der Waals surface area contributed by atoms with Gasteiger partial charge in [0, 0.05) is 41.2 Å². The number of aromatic amines is 1. The Kier molecular flexibility index (Phi) is 6.89. The number of carbonyl (C=O) groups is 1. The zero-order valence-electron chi connectivity index (χ0n) is 19.3. The van der Waals surface area contributed by atoms with Gasteiger partial charge in [-0.2, -0.15) is 0 Å². The summed E-state index contributed by atoms with van der Waals surface area (Å²) in [5.41, 5.74) is 3.41. The van der Waals surface area contributed by atoms with Crippen LogP contribution in [0.4, 0.5) is 4.39 Å². The molecule has 4 aromatic carbocycles. The molecule has 0 bridgehead atoms. The van der Waals surface area contributed by atoms with Crippen molar-refractivity contribution < 1.29 is 19.0 Å². The normalized spacial score (nSPS) is 12.2. The standard InChI is InChI=1S/C29H24ClFN2O3/c30-25-14-21(31)11-9-19(25)17-36-28-12-10-18-5-1-2-6-22(18)24(28)16-33-27(29(34)35)13-20-15-32-26-8-4-3-7-23(20)26/h1-12,14-15,27,32-33H,13,16-17H2,(H,34,35)/t27-/m0/s1. The summed E-state index contributed by atoms with van der Waals surface area (Å²) in [6, 6.07) is 22.9. The molecule has 7 heteroatoms. The van der Waals surface area contributed by atoms with Crippen molar-refractivity contribution in [2.75, 3.05) is 0 Å². The van der Waals surface area contributed by atoms with Crippen molar-refractivity contribution in [1.29, 1.82) is 0 Å². The quantitative estimate of drug-likeness (QED) is 0.216. The maximum atomic E-state index is 13.4. The lowest BCUT2D eigenvalue weighted by molar-refractivity contribution is -0.139. The van der Waals surface area contributed by atoms with Crippen LogP contribution in [-0.4, -0.2) is 22.1 Å². The number of nitrogens with one attached hydrogen (secondary N) is 2. The topological polar surface area (TPSA) is 74.3 Å². The third-order valence-corrected chi connectivity index (χ3v) is 6.67. The zero-order chi connectivity index (χ0) is 25.1. The smallest absolute Gasteiger partial charge is 0.321 e. The van der Waals surface area contributed by atoms with Gasteiger partial charge in [0.25, 0.3) is 0 Å². The second-order valence-electron chi connectivity index (χ2n) is 8.62. The summed E-state index contributed by atoms with van der Waals surface area (Å²) in [6.45, 7) is 0.440. The van der Waals surface area contributed by atoms with Crippen molar-refractivity contribution in [2.45, 2.75) is 25.6 Å². The van der Waals surface area contributed by atoms with Crippen molar-refractivity contribution >= 4 is 39.2 Å². The first-order valence-electron chi connectivity index (χ1n) is 11.6. The minimum Gasteiger partial charge on any atom is -0.488 e. The molecule has 5 nitrogen and oxygen atoms in total. The van der Waals surface area contributed by atoms with Crippen molar-refractivity contribution in [3.05, 3.63) is 113 Å². The molecule has 0 saturated heterocycles. The number of hydrogen-bond acceptors (Lipinski definition) is 3. The molecule has 0 amide bonds. The Morgan fingerprint density at radius 3 is 2.58 bits per heavy atom. The fourth-order valence-corrected chi connectivity index (χ4v) is 4.64. The molecule has 3 N–H and O–H groups in total. The predicted molar refractivity (Wildman–Crippen MR) is 140 cm³/mol. The van der Waals surface area contributed by atoms with E-state index in [2.05, 4.69) is 10.3 Å². The number of benzene rings is 4. The van der Waals surface area contributed by atoms with E-state index in [0.29, 0.717) is 22.8 Å². The van der Waals surface area contributed by atoms with Crippen LogP contribution in [-0.2, 0) is 24.4 Å². The minimum atomic E-state index is -0.930. The minimum absolute atomic E-state index is 0.155. The number of halogens is 2. The van der Waals surface area contributed by atoms with Gasteiger partial charge in [0.2, 0.25) is 0 Å². The van der Waals surface area contributed by atoms with Gasteiger partial charge >= 0.3 is 5.97 Å². The number of fused-ring (bicyclic) bond motifs is 2. The van der Waals surface area contributed by atoms with Crippen LogP contribution >= 0.6 is 11.6 Å². The van der Waals surface area contributed by atoms with Crippen LogP contribution in [0.3, 0.4) is 0 Å². The zero-order valence-corrected chi connectivity index (χ0v) is 20.1. The third kappa shape index (κ3) is 5.05. The molecule has 0 saturated carbocycles. The van der Waals surface area contributed by atoms with E-state index in [0.717, 1.165) is 32.8 Å². The first-order chi connectivity index (χ1) is 17.5. The van der Waals surface area contributed by atoms with Gasteiger partial charge in [-0.1, -0.05) is 66.2 Å². The molecule has 0 aliphatic carbocycles. The van der Waals surface area contributed by atoms with Gasteiger partial charge in [0.05, 0.1) is 5.02 Å². The van der Waals surface area contributed by atoms with E-state index in [-0.39, 0.29) is 13.2 Å². The first-order valence-corrected chi connectivity index (χ1v) is 12.0. The van der Waals surface area contributed by atoms with Crippen molar-refractivity contribution in [1.82, 2.24) is 10.3 Å². The number of aromatic nitrogens is 1. The molecule has 0 radical (unpaired) electrons. The van der Waals surface area contributed by atoms with Crippen LogP contribution in [0.1, 0.15) is 16.7 Å². The molecule has 36 heavy (non-hydrogen) atoms. The van der Waals surface area contributed by atoms with Gasteiger partial charge in [-0.15, -0.1) is 0 Å². The lowest BCUT2D eigenvalue weighted by Gasteiger charge is -2.18. The molecular weight excluding hydrogens is 479 g/mol. The van der Waals surface area contributed by atoms with E-state index in [1.54, 1.807) is 6.07 Å². The van der Waals surface area contributed by atoms with Crippen LogP contribution < -0.4 is 10.1 Å². The summed E-state index contributed by atoms with van der Waals surface area (Å²) in [5, 5.41) is 16.5. The number of rotatable bonds is 9. The summed E-state index contributed by atoms with van der Waals surface area (Å²) >= 11 is 6.18. The number of carboxylic acid groups (broad SMARTS) is 1. The summed E-state index contributed by atoms with van der Waals surface area (Å²) in [4.78, 5) is 15.4. The fourth-order valence-electron chi connectivity index (χ4n) is 4.42. The van der Waals surface area contributed by atoms with Crippen LogP contribution in [0.15, 0.2) is 85.1 Å². The highest BCUT2D eigenvalue weighted by Crippen LogP contribution is 2.30. The van der Waals surface area contributed by atoms with Crippen molar-refractivity contribution in [2.24, 2.45) is 0 Å². The van der Waals surface area contributed by atoms with Gasteiger partial charge < -0.3 is 14.8 Å². The number of carboxylic acids is 1. The summed E-state index contributed by atoms with van der Waals surface area (Å²) in [5.74, 6) is -0.729. The van der Waals surface area contributed by atoms with E-state index in [1.165, 1.54) is 12.1 Å². The maximum absolute atomic E-state index is 13.4. The van der Waals surface area contributed by atoms with E-state index in [1.807, 2.05) is 66.9 Å². The van der Waals surface area contributed by atoms with Gasteiger partial charge in [0.15, 0.2) is 0 Å². The molecule has 1 heterocycles. The van der Waals surface area contributed by atoms with E-state index >= 15 is 0 Å². The average Bonchev–Trinajstić information content (AvgIpc) is 3.29.